The van der Waals surface area contributed by atoms with Gasteiger partial charge in [-0.3, -0.25) is 4.79 Å². The molecule has 0 aliphatic rings. The molecule has 1 aromatic rings. The van der Waals surface area contributed by atoms with E-state index in [2.05, 4.69) is 23.4 Å². The van der Waals surface area contributed by atoms with E-state index in [0.29, 0.717) is 5.56 Å². The van der Waals surface area contributed by atoms with E-state index in [9.17, 15) is 4.79 Å². The molecule has 3 nitrogen and oxygen atoms in total. The molecular formula is C12H16N2O. The first-order chi connectivity index (χ1) is 7.31. The molecule has 80 valence electrons. The third kappa shape index (κ3) is 3.20. The number of aldehydes is 1. The van der Waals surface area contributed by atoms with Crippen molar-refractivity contribution in [2.45, 2.75) is 13.3 Å². The highest BCUT2D eigenvalue weighted by atomic mass is 16.1. The summed E-state index contributed by atoms with van der Waals surface area (Å²) in [5, 5.41) is 0. The smallest absolute Gasteiger partial charge is 0.151 e. The Labute approximate surface area is 90.4 Å². The number of anilines is 1. The molecule has 0 saturated carbocycles. The molecule has 0 radical (unpaired) electrons. The van der Waals surface area contributed by atoms with Gasteiger partial charge in [-0.1, -0.05) is 13.0 Å². The molecule has 0 fully saturated rings. The Morgan fingerprint density at radius 1 is 1.53 bits per heavy atom. The zero-order valence-electron chi connectivity index (χ0n) is 9.02. The van der Waals surface area contributed by atoms with E-state index in [1.807, 2.05) is 12.1 Å². The second-order valence-corrected chi connectivity index (χ2v) is 3.30. The fourth-order valence-electron chi connectivity index (χ4n) is 1.38. The molecule has 0 saturated heterocycles. The average Bonchev–Trinajstić information content (AvgIpc) is 2.29. The van der Waals surface area contributed by atoms with Crippen molar-refractivity contribution >= 4 is 12.1 Å². The minimum atomic E-state index is 0.605. The van der Waals surface area contributed by atoms with E-state index >= 15 is 0 Å². The summed E-state index contributed by atoms with van der Waals surface area (Å²) in [7, 11) is 0. The summed E-state index contributed by atoms with van der Waals surface area (Å²) in [5.41, 5.74) is 0.605. The normalized spacial score (nSPS) is 9.67. The Balaban J connectivity index is 2.80. The van der Waals surface area contributed by atoms with Crippen molar-refractivity contribution in [1.29, 1.82) is 0 Å². The van der Waals surface area contributed by atoms with Gasteiger partial charge in [-0.25, -0.2) is 4.98 Å². The molecule has 0 aromatic carbocycles. The Hall–Kier alpha value is -1.64. The molecule has 0 spiro atoms. The SMILES string of the molecule is C=CCN(CCC)c1ccc(C=O)cn1. The highest BCUT2D eigenvalue weighted by molar-refractivity contribution is 5.74. The van der Waals surface area contributed by atoms with Crippen molar-refractivity contribution in [3.63, 3.8) is 0 Å². The van der Waals surface area contributed by atoms with Gasteiger partial charge >= 0.3 is 0 Å². The van der Waals surface area contributed by atoms with Gasteiger partial charge in [0.05, 0.1) is 0 Å². The number of hydrogen-bond acceptors (Lipinski definition) is 3. The summed E-state index contributed by atoms with van der Waals surface area (Å²) in [6.45, 7) is 7.56. The Bertz CT molecular complexity index is 319. The molecule has 1 aromatic heterocycles. The van der Waals surface area contributed by atoms with E-state index in [1.54, 1.807) is 12.3 Å². The van der Waals surface area contributed by atoms with Crippen LogP contribution in [0.15, 0.2) is 31.0 Å². The lowest BCUT2D eigenvalue weighted by Gasteiger charge is -2.21. The summed E-state index contributed by atoms with van der Waals surface area (Å²) in [6.07, 6.45) is 5.30. The first-order valence-corrected chi connectivity index (χ1v) is 5.09. The van der Waals surface area contributed by atoms with Crippen LogP contribution in [0.5, 0.6) is 0 Å². The molecule has 0 amide bonds. The Kier molecular flexibility index (Phi) is 4.54. The van der Waals surface area contributed by atoms with Crippen LogP contribution >= 0.6 is 0 Å². The van der Waals surface area contributed by atoms with Crippen LogP contribution in [-0.4, -0.2) is 24.4 Å². The lowest BCUT2D eigenvalue weighted by atomic mass is 10.3. The first-order valence-electron chi connectivity index (χ1n) is 5.09. The molecule has 0 aliphatic carbocycles. The zero-order valence-corrected chi connectivity index (χ0v) is 9.02. The molecule has 0 atom stereocenters. The van der Waals surface area contributed by atoms with Gasteiger partial charge in [-0.15, -0.1) is 6.58 Å². The highest BCUT2D eigenvalue weighted by Gasteiger charge is 2.04. The van der Waals surface area contributed by atoms with Crippen molar-refractivity contribution in [3.8, 4) is 0 Å². The van der Waals surface area contributed by atoms with Crippen molar-refractivity contribution in [1.82, 2.24) is 4.98 Å². The number of hydrogen-bond donors (Lipinski definition) is 0. The number of carbonyl (C=O) groups is 1. The molecule has 0 unspecified atom stereocenters. The summed E-state index contributed by atoms with van der Waals surface area (Å²) < 4.78 is 0. The fraction of sp³-hybridized carbons (Fsp3) is 0.333. The molecule has 1 rings (SSSR count). The van der Waals surface area contributed by atoms with Crippen LogP contribution in [0.2, 0.25) is 0 Å². The average molecular weight is 204 g/mol. The van der Waals surface area contributed by atoms with Gasteiger partial charge in [0.25, 0.3) is 0 Å². The molecular weight excluding hydrogens is 188 g/mol. The van der Waals surface area contributed by atoms with Gasteiger partial charge in [0.2, 0.25) is 0 Å². The summed E-state index contributed by atoms with van der Waals surface area (Å²) in [4.78, 5) is 16.8. The van der Waals surface area contributed by atoms with Crippen LogP contribution < -0.4 is 4.90 Å². The van der Waals surface area contributed by atoms with E-state index in [1.165, 1.54) is 0 Å². The number of aromatic nitrogens is 1. The van der Waals surface area contributed by atoms with Crippen LogP contribution in [0.4, 0.5) is 5.82 Å². The van der Waals surface area contributed by atoms with Crippen LogP contribution in [0, 0.1) is 0 Å². The van der Waals surface area contributed by atoms with Gasteiger partial charge in [0.1, 0.15) is 5.82 Å². The predicted octanol–water partition coefficient (Wildman–Crippen LogP) is 2.30. The largest absolute Gasteiger partial charge is 0.353 e. The Morgan fingerprint density at radius 2 is 2.33 bits per heavy atom. The second kappa shape index (κ2) is 5.96. The first kappa shape index (κ1) is 11.4. The standard InChI is InChI=1S/C12H16N2O/c1-3-7-14(8-4-2)12-6-5-11(10-15)9-13-12/h3,5-6,9-10H,1,4,7-8H2,2H3. The van der Waals surface area contributed by atoms with Gasteiger partial charge in [0.15, 0.2) is 6.29 Å². The topological polar surface area (TPSA) is 33.2 Å². The zero-order chi connectivity index (χ0) is 11.1. The number of pyridine rings is 1. The van der Waals surface area contributed by atoms with Gasteiger partial charge < -0.3 is 4.90 Å². The Morgan fingerprint density at radius 3 is 2.80 bits per heavy atom. The van der Waals surface area contributed by atoms with Gasteiger partial charge in [-0.2, -0.15) is 0 Å². The third-order valence-electron chi connectivity index (χ3n) is 2.07. The minimum absolute atomic E-state index is 0.605. The number of nitrogens with zero attached hydrogens (tertiary/aromatic N) is 2. The monoisotopic (exact) mass is 204 g/mol. The van der Waals surface area contributed by atoms with E-state index in [0.717, 1.165) is 31.6 Å². The van der Waals surface area contributed by atoms with E-state index in [-0.39, 0.29) is 0 Å². The van der Waals surface area contributed by atoms with Crippen LogP contribution in [-0.2, 0) is 0 Å². The van der Waals surface area contributed by atoms with Crippen molar-refractivity contribution in [2.75, 3.05) is 18.0 Å². The summed E-state index contributed by atoms with van der Waals surface area (Å²) in [6, 6.07) is 3.64. The molecule has 3 heteroatoms. The second-order valence-electron chi connectivity index (χ2n) is 3.30. The molecule has 0 bridgehead atoms. The van der Waals surface area contributed by atoms with Crippen molar-refractivity contribution < 1.29 is 4.79 Å². The minimum Gasteiger partial charge on any atom is -0.353 e. The highest BCUT2D eigenvalue weighted by Crippen LogP contribution is 2.10. The third-order valence-corrected chi connectivity index (χ3v) is 2.07. The lowest BCUT2D eigenvalue weighted by molar-refractivity contribution is 0.112. The van der Waals surface area contributed by atoms with Crippen LogP contribution in [0.1, 0.15) is 23.7 Å². The fourth-order valence-corrected chi connectivity index (χ4v) is 1.38. The maximum Gasteiger partial charge on any atom is 0.151 e. The molecule has 1 heterocycles. The van der Waals surface area contributed by atoms with E-state index < -0.39 is 0 Å². The maximum absolute atomic E-state index is 10.5. The quantitative estimate of drug-likeness (QED) is 0.526. The summed E-state index contributed by atoms with van der Waals surface area (Å²) >= 11 is 0. The van der Waals surface area contributed by atoms with Gasteiger partial charge in [0, 0.05) is 24.8 Å². The lowest BCUT2D eigenvalue weighted by Crippen LogP contribution is -2.24. The van der Waals surface area contributed by atoms with E-state index in [4.69, 9.17) is 0 Å². The molecule has 0 N–H and O–H groups in total. The number of carbonyl (C=O) groups excluding carboxylic acids is 1. The molecule has 15 heavy (non-hydrogen) atoms. The van der Waals surface area contributed by atoms with Crippen LogP contribution in [0.3, 0.4) is 0 Å². The van der Waals surface area contributed by atoms with Crippen molar-refractivity contribution in [2.24, 2.45) is 0 Å². The van der Waals surface area contributed by atoms with Crippen LogP contribution in [0.25, 0.3) is 0 Å². The predicted molar refractivity (Wildman–Crippen MR) is 62.3 cm³/mol. The number of rotatable bonds is 6. The maximum atomic E-state index is 10.5. The van der Waals surface area contributed by atoms with Gasteiger partial charge in [-0.05, 0) is 18.6 Å². The summed E-state index contributed by atoms with van der Waals surface area (Å²) in [5.74, 6) is 0.891. The molecule has 0 aliphatic heterocycles. The van der Waals surface area contributed by atoms with Crippen molar-refractivity contribution in [3.05, 3.63) is 36.5 Å².